The van der Waals surface area contributed by atoms with Crippen LogP contribution in [0.3, 0.4) is 0 Å². The molecule has 4 nitrogen and oxygen atoms in total. The smallest absolute Gasteiger partial charge is 0.246 e. The van der Waals surface area contributed by atoms with Gasteiger partial charge in [-0.05, 0) is 18.6 Å². The number of nitrogens with zero attached hydrogens (tertiary/aromatic N) is 1. The van der Waals surface area contributed by atoms with E-state index in [2.05, 4.69) is 12.2 Å². The minimum absolute atomic E-state index is 0.104. The Kier molecular flexibility index (Phi) is 4.59. The van der Waals surface area contributed by atoms with Crippen LogP contribution >= 0.6 is 0 Å². The maximum Gasteiger partial charge on any atom is 0.246 e. The number of amides is 1. The molecular formula is C14H20N2O2. The van der Waals surface area contributed by atoms with E-state index in [0.29, 0.717) is 19.7 Å². The lowest BCUT2D eigenvalue weighted by molar-refractivity contribution is -0.117. The van der Waals surface area contributed by atoms with Crippen molar-refractivity contribution in [2.75, 3.05) is 36.5 Å². The van der Waals surface area contributed by atoms with Crippen molar-refractivity contribution in [3.8, 4) is 0 Å². The summed E-state index contributed by atoms with van der Waals surface area (Å²) in [7, 11) is 0. The van der Waals surface area contributed by atoms with Crippen molar-refractivity contribution < 1.29 is 9.53 Å². The van der Waals surface area contributed by atoms with Crippen LogP contribution in [0.15, 0.2) is 24.3 Å². The molecule has 1 N–H and O–H groups in total. The molecule has 1 aliphatic rings. The van der Waals surface area contributed by atoms with Crippen molar-refractivity contribution >= 4 is 17.3 Å². The number of carbonyl (C=O) groups is 1. The Bertz CT molecular complexity index is 407. The molecule has 1 aromatic rings. The van der Waals surface area contributed by atoms with Gasteiger partial charge in [-0.2, -0.15) is 0 Å². The number of benzene rings is 1. The van der Waals surface area contributed by atoms with E-state index in [9.17, 15) is 4.79 Å². The van der Waals surface area contributed by atoms with Gasteiger partial charge in [-0.1, -0.05) is 25.5 Å². The van der Waals surface area contributed by atoms with Crippen LogP contribution < -0.4 is 10.2 Å². The van der Waals surface area contributed by atoms with E-state index in [1.807, 2.05) is 24.3 Å². The molecule has 18 heavy (non-hydrogen) atoms. The lowest BCUT2D eigenvalue weighted by atomic mass is 10.2. The molecule has 0 spiro atoms. The highest BCUT2D eigenvalue weighted by Crippen LogP contribution is 2.28. The van der Waals surface area contributed by atoms with Gasteiger partial charge < -0.3 is 15.0 Å². The van der Waals surface area contributed by atoms with E-state index in [4.69, 9.17) is 4.74 Å². The van der Waals surface area contributed by atoms with Gasteiger partial charge in [-0.15, -0.1) is 0 Å². The fourth-order valence-corrected chi connectivity index (χ4v) is 2.01. The summed E-state index contributed by atoms with van der Waals surface area (Å²) in [6, 6.07) is 7.87. The largest absolute Gasteiger partial charge is 0.380 e. The number of hydrogen-bond acceptors (Lipinski definition) is 3. The Balaban J connectivity index is 1.93. The minimum atomic E-state index is 0.104. The lowest BCUT2D eigenvalue weighted by Gasteiger charge is -2.30. The summed E-state index contributed by atoms with van der Waals surface area (Å²) in [4.78, 5) is 13.7. The number of para-hydroxylation sites is 2. The van der Waals surface area contributed by atoms with Crippen LogP contribution in [0.5, 0.6) is 0 Å². The quantitative estimate of drug-likeness (QED) is 0.785. The first kappa shape index (κ1) is 12.9. The second-order valence-electron chi connectivity index (χ2n) is 4.38. The topological polar surface area (TPSA) is 41.6 Å². The summed E-state index contributed by atoms with van der Waals surface area (Å²) in [6.45, 7) is 4.51. The van der Waals surface area contributed by atoms with Gasteiger partial charge in [0.15, 0.2) is 0 Å². The standard InChI is InChI=1S/C14H20N2O2/c1-2-3-9-18-10-8-16-13-7-5-4-6-12(13)15-11-14(16)17/h4-7,15H,2-3,8-11H2,1H3. The van der Waals surface area contributed by atoms with Crippen LogP contribution in [0.2, 0.25) is 0 Å². The molecule has 0 saturated carbocycles. The highest BCUT2D eigenvalue weighted by Gasteiger charge is 2.22. The average molecular weight is 248 g/mol. The zero-order chi connectivity index (χ0) is 12.8. The van der Waals surface area contributed by atoms with Gasteiger partial charge in [-0.25, -0.2) is 0 Å². The number of ether oxygens (including phenoxy) is 1. The Morgan fingerprint density at radius 1 is 1.33 bits per heavy atom. The summed E-state index contributed by atoms with van der Waals surface area (Å²) in [5, 5.41) is 3.12. The third-order valence-corrected chi connectivity index (χ3v) is 3.03. The normalized spacial score (nSPS) is 14.3. The second kappa shape index (κ2) is 6.40. The molecule has 4 heteroatoms. The molecule has 2 rings (SSSR count). The fourth-order valence-electron chi connectivity index (χ4n) is 2.01. The van der Waals surface area contributed by atoms with E-state index in [-0.39, 0.29) is 5.91 Å². The molecule has 0 aliphatic carbocycles. The zero-order valence-corrected chi connectivity index (χ0v) is 10.8. The van der Waals surface area contributed by atoms with Crippen molar-refractivity contribution in [2.24, 2.45) is 0 Å². The Morgan fingerprint density at radius 3 is 3.00 bits per heavy atom. The van der Waals surface area contributed by atoms with Crippen molar-refractivity contribution in [1.82, 2.24) is 0 Å². The highest BCUT2D eigenvalue weighted by atomic mass is 16.5. The molecule has 0 atom stereocenters. The monoisotopic (exact) mass is 248 g/mol. The Labute approximate surface area is 108 Å². The highest BCUT2D eigenvalue weighted by molar-refractivity contribution is 6.02. The van der Waals surface area contributed by atoms with Crippen LogP contribution in [0, 0.1) is 0 Å². The third-order valence-electron chi connectivity index (χ3n) is 3.03. The number of rotatable bonds is 6. The van der Waals surface area contributed by atoms with E-state index < -0.39 is 0 Å². The first-order valence-corrected chi connectivity index (χ1v) is 6.54. The fraction of sp³-hybridized carbons (Fsp3) is 0.500. The van der Waals surface area contributed by atoms with Crippen molar-refractivity contribution in [2.45, 2.75) is 19.8 Å². The molecule has 1 aromatic carbocycles. The number of hydrogen-bond donors (Lipinski definition) is 1. The molecule has 1 heterocycles. The van der Waals surface area contributed by atoms with Gasteiger partial charge in [0.2, 0.25) is 5.91 Å². The van der Waals surface area contributed by atoms with E-state index >= 15 is 0 Å². The molecule has 0 bridgehead atoms. The van der Waals surface area contributed by atoms with Gasteiger partial charge in [-0.3, -0.25) is 4.79 Å². The summed E-state index contributed by atoms with van der Waals surface area (Å²) >= 11 is 0. The molecule has 98 valence electrons. The summed E-state index contributed by atoms with van der Waals surface area (Å²) in [5.41, 5.74) is 1.97. The van der Waals surface area contributed by atoms with Crippen molar-refractivity contribution in [3.63, 3.8) is 0 Å². The van der Waals surface area contributed by atoms with Gasteiger partial charge in [0.05, 0.1) is 24.5 Å². The van der Waals surface area contributed by atoms with Crippen LogP contribution in [-0.4, -0.2) is 32.2 Å². The zero-order valence-electron chi connectivity index (χ0n) is 10.8. The average Bonchev–Trinajstić information content (AvgIpc) is 2.41. The summed E-state index contributed by atoms with van der Waals surface area (Å²) in [6.07, 6.45) is 2.21. The molecule has 1 amide bonds. The lowest BCUT2D eigenvalue weighted by Crippen LogP contribution is -2.41. The Hall–Kier alpha value is -1.55. The predicted molar refractivity (Wildman–Crippen MR) is 73.0 cm³/mol. The summed E-state index contributed by atoms with van der Waals surface area (Å²) in [5.74, 6) is 0.104. The van der Waals surface area contributed by atoms with Crippen LogP contribution in [0.25, 0.3) is 0 Å². The maximum atomic E-state index is 11.9. The number of fused-ring (bicyclic) bond motifs is 1. The molecule has 0 aromatic heterocycles. The van der Waals surface area contributed by atoms with Gasteiger partial charge in [0, 0.05) is 13.2 Å². The molecule has 0 saturated heterocycles. The predicted octanol–water partition coefficient (Wildman–Crippen LogP) is 2.26. The van der Waals surface area contributed by atoms with Gasteiger partial charge >= 0.3 is 0 Å². The van der Waals surface area contributed by atoms with Crippen LogP contribution in [0.1, 0.15) is 19.8 Å². The molecule has 0 radical (unpaired) electrons. The van der Waals surface area contributed by atoms with E-state index in [1.54, 1.807) is 4.90 Å². The first-order chi connectivity index (χ1) is 8.83. The number of nitrogens with one attached hydrogen (secondary N) is 1. The number of carbonyl (C=O) groups excluding carboxylic acids is 1. The maximum absolute atomic E-state index is 11.9. The second-order valence-corrected chi connectivity index (χ2v) is 4.38. The molecule has 0 fully saturated rings. The Morgan fingerprint density at radius 2 is 2.17 bits per heavy atom. The van der Waals surface area contributed by atoms with E-state index in [1.165, 1.54) is 0 Å². The molecular weight excluding hydrogens is 228 g/mol. The third kappa shape index (κ3) is 3.01. The van der Waals surface area contributed by atoms with Gasteiger partial charge in [0.1, 0.15) is 0 Å². The molecule has 0 unspecified atom stereocenters. The molecule has 1 aliphatic heterocycles. The summed E-state index contributed by atoms with van der Waals surface area (Å²) < 4.78 is 5.53. The SMILES string of the molecule is CCCCOCCN1C(=O)CNc2ccccc21. The van der Waals surface area contributed by atoms with Crippen molar-refractivity contribution in [3.05, 3.63) is 24.3 Å². The van der Waals surface area contributed by atoms with Crippen molar-refractivity contribution in [1.29, 1.82) is 0 Å². The number of anilines is 2. The van der Waals surface area contributed by atoms with Gasteiger partial charge in [0.25, 0.3) is 0 Å². The van der Waals surface area contributed by atoms with Crippen LogP contribution in [0.4, 0.5) is 11.4 Å². The number of unbranched alkanes of at least 4 members (excludes halogenated alkanes) is 1. The van der Waals surface area contributed by atoms with E-state index in [0.717, 1.165) is 30.8 Å². The van der Waals surface area contributed by atoms with Crippen LogP contribution in [-0.2, 0) is 9.53 Å². The minimum Gasteiger partial charge on any atom is -0.380 e. The first-order valence-electron chi connectivity index (χ1n) is 6.54.